The molecular weight excluding hydrogens is 288 g/mol. The molecule has 0 heterocycles. The first kappa shape index (κ1) is 15.9. The Kier molecular flexibility index (Phi) is 4.75. The van der Waals surface area contributed by atoms with Crippen molar-refractivity contribution < 1.29 is 18.3 Å². The zero-order chi connectivity index (χ0) is 16.2. The van der Waals surface area contributed by atoms with E-state index in [2.05, 4.69) is 10.1 Å². The number of hydrogen-bond donors (Lipinski definition) is 1. The van der Waals surface area contributed by atoms with Crippen LogP contribution in [0.3, 0.4) is 0 Å². The number of alkyl halides is 2. The largest absolute Gasteiger partial charge is 0.433 e. The molecule has 2 aromatic rings. The molecule has 0 aliphatic heterocycles. The number of benzene rings is 2. The van der Waals surface area contributed by atoms with Gasteiger partial charge in [0.2, 0.25) is 0 Å². The van der Waals surface area contributed by atoms with Crippen LogP contribution in [0, 0.1) is 0 Å². The number of halogens is 2. The van der Waals surface area contributed by atoms with Crippen molar-refractivity contribution in [2.75, 3.05) is 5.32 Å². The summed E-state index contributed by atoms with van der Waals surface area (Å²) in [7, 11) is 0. The van der Waals surface area contributed by atoms with E-state index in [0.717, 1.165) is 11.4 Å². The minimum absolute atomic E-state index is 0.00454. The van der Waals surface area contributed by atoms with Crippen molar-refractivity contribution >= 4 is 17.2 Å². The van der Waals surface area contributed by atoms with Crippen LogP contribution in [0.5, 0.6) is 5.75 Å². The maximum Gasteiger partial charge on any atom is 0.397 e. The van der Waals surface area contributed by atoms with E-state index < -0.39 is 6.11 Å². The number of nitrogens with one attached hydrogen (secondary N) is 1. The lowest BCUT2D eigenvalue weighted by molar-refractivity contribution is -0.177. The van der Waals surface area contributed by atoms with Gasteiger partial charge in [0.05, 0.1) is 0 Å². The van der Waals surface area contributed by atoms with Crippen LogP contribution < -0.4 is 10.1 Å². The molecule has 0 fully saturated rings. The van der Waals surface area contributed by atoms with Gasteiger partial charge in [-0.3, -0.25) is 4.79 Å². The highest BCUT2D eigenvalue weighted by molar-refractivity contribution is 5.94. The third-order valence-corrected chi connectivity index (χ3v) is 3.11. The van der Waals surface area contributed by atoms with Gasteiger partial charge in [-0.1, -0.05) is 6.92 Å². The number of carbonyl (C=O) groups is 1. The molecule has 22 heavy (non-hydrogen) atoms. The Labute approximate surface area is 127 Å². The summed E-state index contributed by atoms with van der Waals surface area (Å²) in [4.78, 5) is 11.2. The summed E-state index contributed by atoms with van der Waals surface area (Å²) in [5, 5.41) is 3.12. The van der Waals surface area contributed by atoms with Gasteiger partial charge in [0.1, 0.15) is 5.75 Å². The molecule has 2 aromatic carbocycles. The molecule has 0 aliphatic rings. The summed E-state index contributed by atoms with van der Waals surface area (Å²) in [6.07, 6.45) is -3.53. The van der Waals surface area contributed by atoms with Crippen molar-refractivity contribution in [3.8, 4) is 5.75 Å². The van der Waals surface area contributed by atoms with Gasteiger partial charge in [-0.15, -0.1) is 0 Å². The quantitative estimate of drug-likeness (QED) is 0.762. The smallest absolute Gasteiger partial charge is 0.397 e. The monoisotopic (exact) mass is 305 g/mol. The van der Waals surface area contributed by atoms with Crippen molar-refractivity contribution in [3.63, 3.8) is 0 Å². The van der Waals surface area contributed by atoms with E-state index in [1.165, 1.54) is 26.0 Å². The SMILES string of the molecule is CCC(F)(F)Oc1ccc(Nc2ccc(C(C)=O)cc2)cc1. The average Bonchev–Trinajstić information content (AvgIpc) is 2.49. The molecule has 0 aliphatic carbocycles. The summed E-state index contributed by atoms with van der Waals surface area (Å²) in [5.41, 5.74) is 2.18. The van der Waals surface area contributed by atoms with E-state index in [-0.39, 0.29) is 18.0 Å². The summed E-state index contributed by atoms with van der Waals surface area (Å²) >= 11 is 0. The molecule has 0 aromatic heterocycles. The third kappa shape index (κ3) is 4.28. The zero-order valence-corrected chi connectivity index (χ0v) is 12.4. The summed E-state index contributed by atoms with van der Waals surface area (Å²) in [6.45, 7) is 2.87. The Bertz CT molecular complexity index is 637. The van der Waals surface area contributed by atoms with Crippen molar-refractivity contribution in [3.05, 3.63) is 54.1 Å². The molecule has 0 unspecified atom stereocenters. The second kappa shape index (κ2) is 6.56. The molecule has 0 saturated heterocycles. The highest BCUT2D eigenvalue weighted by atomic mass is 19.3. The number of anilines is 2. The number of ketones is 1. The van der Waals surface area contributed by atoms with Gasteiger partial charge in [0, 0.05) is 23.4 Å². The molecule has 0 atom stereocenters. The molecule has 0 saturated carbocycles. The summed E-state index contributed by atoms with van der Waals surface area (Å²) < 4.78 is 30.8. The number of rotatable bonds is 6. The Morgan fingerprint density at radius 2 is 1.55 bits per heavy atom. The first-order chi connectivity index (χ1) is 10.4. The standard InChI is InChI=1S/C17H17F2NO2/c1-3-17(18,19)22-16-10-8-15(9-11-16)20-14-6-4-13(5-7-14)12(2)21/h4-11,20H,3H2,1-2H3. The minimum atomic E-state index is -3.16. The first-order valence-electron chi connectivity index (χ1n) is 6.94. The van der Waals surface area contributed by atoms with Crippen molar-refractivity contribution in [1.29, 1.82) is 0 Å². The number of carbonyl (C=O) groups excluding carboxylic acids is 1. The Balaban J connectivity index is 2.03. The Hall–Kier alpha value is -2.43. The third-order valence-electron chi connectivity index (χ3n) is 3.11. The van der Waals surface area contributed by atoms with E-state index in [1.807, 2.05) is 0 Å². The number of ether oxygens (including phenoxy) is 1. The van der Waals surface area contributed by atoms with E-state index in [1.54, 1.807) is 36.4 Å². The topological polar surface area (TPSA) is 38.3 Å². The predicted molar refractivity (Wildman–Crippen MR) is 82.0 cm³/mol. The van der Waals surface area contributed by atoms with Crippen molar-refractivity contribution in [1.82, 2.24) is 0 Å². The molecule has 0 spiro atoms. The maximum atomic E-state index is 13.1. The Morgan fingerprint density at radius 1 is 1.05 bits per heavy atom. The van der Waals surface area contributed by atoms with Crippen LogP contribution in [0.1, 0.15) is 30.6 Å². The van der Waals surface area contributed by atoms with Crippen molar-refractivity contribution in [2.24, 2.45) is 0 Å². The second-order valence-electron chi connectivity index (χ2n) is 4.88. The highest BCUT2D eigenvalue weighted by Crippen LogP contribution is 2.26. The van der Waals surface area contributed by atoms with Gasteiger partial charge in [0.25, 0.3) is 0 Å². The van der Waals surface area contributed by atoms with Crippen LogP contribution in [0.15, 0.2) is 48.5 Å². The summed E-state index contributed by atoms with van der Waals surface area (Å²) in [5.74, 6) is 0.120. The molecule has 0 bridgehead atoms. The molecule has 116 valence electrons. The van der Waals surface area contributed by atoms with Crippen LogP contribution in [-0.2, 0) is 0 Å². The van der Waals surface area contributed by atoms with Crippen LogP contribution in [0.4, 0.5) is 20.2 Å². The van der Waals surface area contributed by atoms with Crippen molar-refractivity contribution in [2.45, 2.75) is 26.4 Å². The molecular formula is C17H17F2NO2. The van der Waals surface area contributed by atoms with E-state index in [4.69, 9.17) is 0 Å². The molecule has 2 rings (SSSR count). The van der Waals surface area contributed by atoms with E-state index >= 15 is 0 Å². The van der Waals surface area contributed by atoms with Crippen LogP contribution in [0.25, 0.3) is 0 Å². The second-order valence-corrected chi connectivity index (χ2v) is 4.88. The molecule has 0 radical (unpaired) electrons. The maximum absolute atomic E-state index is 13.1. The summed E-state index contributed by atoms with van der Waals surface area (Å²) in [6, 6.07) is 13.3. The van der Waals surface area contributed by atoms with Gasteiger partial charge in [-0.25, -0.2) is 0 Å². The fraction of sp³-hybridized carbons (Fsp3) is 0.235. The predicted octanol–water partition coefficient (Wildman–Crippen LogP) is 5.01. The van der Waals surface area contributed by atoms with Gasteiger partial charge >= 0.3 is 6.11 Å². The molecule has 5 heteroatoms. The lowest BCUT2D eigenvalue weighted by Crippen LogP contribution is -2.22. The lowest BCUT2D eigenvalue weighted by atomic mass is 10.1. The van der Waals surface area contributed by atoms with Crippen LogP contribution in [0.2, 0.25) is 0 Å². The molecule has 1 N–H and O–H groups in total. The fourth-order valence-corrected chi connectivity index (χ4v) is 1.81. The van der Waals surface area contributed by atoms with Gasteiger partial charge < -0.3 is 10.1 Å². The van der Waals surface area contributed by atoms with Crippen LogP contribution >= 0.6 is 0 Å². The van der Waals surface area contributed by atoms with Gasteiger partial charge in [-0.05, 0) is 55.5 Å². The van der Waals surface area contributed by atoms with Crippen LogP contribution in [-0.4, -0.2) is 11.9 Å². The number of Topliss-reactive ketones (excluding diaryl/α,β-unsaturated/α-hetero) is 1. The number of hydrogen-bond acceptors (Lipinski definition) is 3. The zero-order valence-electron chi connectivity index (χ0n) is 12.4. The van der Waals surface area contributed by atoms with Gasteiger partial charge in [0.15, 0.2) is 5.78 Å². The average molecular weight is 305 g/mol. The first-order valence-corrected chi connectivity index (χ1v) is 6.94. The lowest BCUT2D eigenvalue weighted by Gasteiger charge is -2.16. The molecule has 3 nitrogen and oxygen atoms in total. The Morgan fingerprint density at radius 3 is 2.00 bits per heavy atom. The van der Waals surface area contributed by atoms with E-state index in [0.29, 0.717) is 5.56 Å². The minimum Gasteiger partial charge on any atom is -0.433 e. The highest BCUT2D eigenvalue weighted by Gasteiger charge is 2.28. The van der Waals surface area contributed by atoms with E-state index in [9.17, 15) is 13.6 Å². The van der Waals surface area contributed by atoms with Gasteiger partial charge in [-0.2, -0.15) is 8.78 Å². The normalized spacial score (nSPS) is 11.1. The molecule has 0 amide bonds. The fourth-order valence-electron chi connectivity index (χ4n) is 1.81.